The minimum absolute atomic E-state index is 0.0322. The van der Waals surface area contributed by atoms with Gasteiger partial charge in [-0.2, -0.15) is 5.10 Å². The molecule has 2 aromatic carbocycles. The summed E-state index contributed by atoms with van der Waals surface area (Å²) in [5.41, 5.74) is 4.44. The first-order chi connectivity index (χ1) is 18.7. The van der Waals surface area contributed by atoms with Crippen molar-refractivity contribution in [1.29, 1.82) is 0 Å². The molecule has 0 bridgehead atoms. The number of halogens is 1. The lowest BCUT2D eigenvalue weighted by molar-refractivity contribution is -0.114. The molecule has 0 aliphatic rings. The number of nitrogens with zero attached hydrogens (tertiary/aromatic N) is 4. The zero-order valence-corrected chi connectivity index (χ0v) is 22.0. The molecule has 3 heterocycles. The summed E-state index contributed by atoms with van der Waals surface area (Å²) in [6.45, 7) is 5.33. The van der Waals surface area contributed by atoms with Gasteiger partial charge in [0.05, 0.1) is 27.1 Å². The van der Waals surface area contributed by atoms with Gasteiger partial charge in [-0.15, -0.1) is 11.3 Å². The van der Waals surface area contributed by atoms with Crippen LogP contribution < -0.4 is 20.7 Å². The van der Waals surface area contributed by atoms with E-state index >= 15 is 0 Å². The number of pyridine rings is 1. The van der Waals surface area contributed by atoms with Crippen molar-refractivity contribution in [2.45, 2.75) is 26.8 Å². The highest BCUT2D eigenvalue weighted by Crippen LogP contribution is 2.32. The number of ether oxygens (including phenoxy) is 1. The van der Waals surface area contributed by atoms with Crippen LogP contribution in [0.15, 0.2) is 66.4 Å². The zero-order chi connectivity index (χ0) is 27.5. The average Bonchev–Trinajstić information content (AvgIpc) is 3.52. The Balaban J connectivity index is 1.31. The maximum atomic E-state index is 14.9. The molecule has 0 spiro atoms. The van der Waals surface area contributed by atoms with Crippen molar-refractivity contribution in [3.63, 3.8) is 0 Å². The molecule has 198 valence electrons. The Morgan fingerprint density at radius 2 is 1.77 bits per heavy atom. The summed E-state index contributed by atoms with van der Waals surface area (Å²) in [5.74, 6) is -0.0925. The van der Waals surface area contributed by atoms with Crippen LogP contribution >= 0.6 is 11.3 Å². The van der Waals surface area contributed by atoms with Crippen LogP contribution in [0.3, 0.4) is 0 Å². The van der Waals surface area contributed by atoms with E-state index in [0.717, 1.165) is 21.8 Å². The lowest BCUT2D eigenvalue weighted by Gasteiger charge is -2.11. The fourth-order valence-corrected chi connectivity index (χ4v) is 4.42. The molecule has 0 saturated carbocycles. The van der Waals surface area contributed by atoms with Gasteiger partial charge in [0, 0.05) is 43.1 Å². The van der Waals surface area contributed by atoms with Crippen LogP contribution in [-0.4, -0.2) is 31.7 Å². The van der Waals surface area contributed by atoms with Crippen molar-refractivity contribution < 1.29 is 18.7 Å². The van der Waals surface area contributed by atoms with E-state index in [4.69, 9.17) is 4.74 Å². The van der Waals surface area contributed by atoms with Crippen LogP contribution in [-0.2, 0) is 4.79 Å². The second-order valence-electron chi connectivity index (χ2n) is 8.88. The third-order valence-corrected chi connectivity index (χ3v) is 6.38. The van der Waals surface area contributed by atoms with Gasteiger partial charge in [-0.3, -0.25) is 9.48 Å². The molecule has 0 aliphatic carbocycles. The Morgan fingerprint density at radius 3 is 2.54 bits per heavy atom. The summed E-state index contributed by atoms with van der Waals surface area (Å²) in [6.07, 6.45) is 3.20. The molecule has 10 nitrogen and oxygen atoms in total. The first kappa shape index (κ1) is 25.8. The maximum absolute atomic E-state index is 14.9. The van der Waals surface area contributed by atoms with Gasteiger partial charge in [0.1, 0.15) is 28.8 Å². The molecule has 3 aromatic heterocycles. The van der Waals surface area contributed by atoms with Crippen molar-refractivity contribution >= 4 is 50.7 Å². The monoisotopic (exact) mass is 545 g/mol. The van der Waals surface area contributed by atoms with E-state index < -0.39 is 11.8 Å². The second kappa shape index (κ2) is 10.9. The summed E-state index contributed by atoms with van der Waals surface area (Å²) in [7, 11) is 0. The van der Waals surface area contributed by atoms with Crippen molar-refractivity contribution in [2.24, 2.45) is 0 Å². The van der Waals surface area contributed by atoms with E-state index in [2.05, 4.69) is 31.0 Å². The quantitative estimate of drug-likeness (QED) is 0.210. The summed E-state index contributed by atoms with van der Waals surface area (Å²) in [5, 5.41) is 12.5. The fourth-order valence-electron chi connectivity index (χ4n) is 3.76. The fraction of sp³-hybridized carbons (Fsp3) is 0.148. The van der Waals surface area contributed by atoms with Gasteiger partial charge < -0.3 is 20.7 Å². The third-order valence-electron chi connectivity index (χ3n) is 5.57. The number of urea groups is 1. The second-order valence-corrected chi connectivity index (χ2v) is 9.77. The minimum Gasteiger partial charge on any atom is -0.457 e. The van der Waals surface area contributed by atoms with Crippen molar-refractivity contribution in [3.8, 4) is 22.8 Å². The first-order valence-electron chi connectivity index (χ1n) is 12.0. The van der Waals surface area contributed by atoms with Crippen LogP contribution in [0, 0.1) is 5.82 Å². The third kappa shape index (κ3) is 6.02. The number of hydrogen-bond acceptors (Lipinski definition) is 7. The Labute approximate surface area is 226 Å². The molecule has 0 fully saturated rings. The lowest BCUT2D eigenvalue weighted by Crippen LogP contribution is -2.20. The van der Waals surface area contributed by atoms with E-state index in [9.17, 15) is 14.0 Å². The molecule has 0 unspecified atom stereocenters. The Morgan fingerprint density at radius 1 is 0.974 bits per heavy atom. The molecule has 5 rings (SSSR count). The number of anilines is 3. The Bertz CT molecular complexity index is 1680. The molecule has 12 heteroatoms. The highest BCUT2D eigenvalue weighted by molar-refractivity contribution is 7.16. The zero-order valence-electron chi connectivity index (χ0n) is 21.2. The maximum Gasteiger partial charge on any atom is 0.323 e. The Kier molecular flexibility index (Phi) is 7.19. The van der Waals surface area contributed by atoms with Gasteiger partial charge in [0.2, 0.25) is 5.91 Å². The lowest BCUT2D eigenvalue weighted by atomic mass is 10.1. The molecule has 3 N–H and O–H groups in total. The van der Waals surface area contributed by atoms with Crippen LogP contribution in [0.4, 0.5) is 26.4 Å². The molecule has 39 heavy (non-hydrogen) atoms. The number of thiazole rings is 1. The molecular weight excluding hydrogens is 521 g/mol. The number of fused-ring (bicyclic) bond motifs is 1. The standard InChI is InChI=1S/C27H24FN7O3S/c1-15(2)35-13-23(26(34-35)17-4-7-24-22(10-17)30-14-39-24)33-27(37)32-21-6-5-18(11-20(21)28)38-19-8-9-29-25(12-19)31-16(3)36/h4-15H,1-3H3,(H,29,31,36)(H2,32,33,37). The van der Waals surface area contributed by atoms with E-state index in [1.54, 1.807) is 33.8 Å². The minimum atomic E-state index is -0.689. The number of benzene rings is 2. The van der Waals surface area contributed by atoms with Crippen molar-refractivity contribution in [3.05, 3.63) is 72.3 Å². The highest BCUT2D eigenvalue weighted by atomic mass is 32.1. The average molecular weight is 546 g/mol. The predicted molar refractivity (Wildman–Crippen MR) is 149 cm³/mol. The molecule has 0 radical (unpaired) electrons. The van der Waals surface area contributed by atoms with Crippen LogP contribution in [0.5, 0.6) is 11.5 Å². The molecule has 0 atom stereocenters. The highest BCUT2D eigenvalue weighted by Gasteiger charge is 2.17. The van der Waals surface area contributed by atoms with Gasteiger partial charge in [-0.1, -0.05) is 6.07 Å². The number of carbonyl (C=O) groups is 2. The van der Waals surface area contributed by atoms with Crippen LogP contribution in [0.1, 0.15) is 26.8 Å². The smallest absolute Gasteiger partial charge is 0.323 e. The van der Waals surface area contributed by atoms with Crippen molar-refractivity contribution in [1.82, 2.24) is 19.7 Å². The molecular formula is C27H24FN7O3S. The molecule has 3 amide bonds. The number of aromatic nitrogens is 4. The molecule has 0 saturated heterocycles. The van der Waals surface area contributed by atoms with Gasteiger partial charge in [0.15, 0.2) is 0 Å². The number of carbonyl (C=O) groups excluding carboxylic acids is 2. The van der Waals surface area contributed by atoms with E-state index in [1.807, 2.05) is 32.0 Å². The SMILES string of the molecule is CC(=O)Nc1cc(Oc2ccc(NC(=O)Nc3cn(C(C)C)nc3-c3ccc4scnc4c3)c(F)c2)ccn1. The topological polar surface area (TPSA) is 123 Å². The van der Waals surface area contributed by atoms with Crippen LogP contribution in [0.2, 0.25) is 0 Å². The summed E-state index contributed by atoms with van der Waals surface area (Å²) in [4.78, 5) is 32.5. The predicted octanol–water partition coefficient (Wildman–Crippen LogP) is 6.67. The summed E-state index contributed by atoms with van der Waals surface area (Å²) >= 11 is 1.54. The van der Waals surface area contributed by atoms with Gasteiger partial charge in [-0.05, 0) is 44.2 Å². The van der Waals surface area contributed by atoms with Gasteiger partial charge >= 0.3 is 6.03 Å². The normalized spacial score (nSPS) is 11.0. The largest absolute Gasteiger partial charge is 0.457 e. The molecule has 5 aromatic rings. The van der Waals surface area contributed by atoms with Crippen LogP contribution in [0.25, 0.3) is 21.5 Å². The van der Waals surface area contributed by atoms with Crippen molar-refractivity contribution in [2.75, 3.05) is 16.0 Å². The summed E-state index contributed by atoms with van der Waals surface area (Å²) < 4.78 is 23.3. The number of hydrogen-bond donors (Lipinski definition) is 3. The van der Waals surface area contributed by atoms with E-state index in [-0.39, 0.29) is 23.4 Å². The van der Waals surface area contributed by atoms with Gasteiger partial charge in [0.25, 0.3) is 0 Å². The number of amides is 3. The number of rotatable bonds is 7. The summed E-state index contributed by atoms with van der Waals surface area (Å²) in [6, 6.07) is 12.4. The number of nitrogens with one attached hydrogen (secondary N) is 3. The molecule has 0 aliphatic heterocycles. The Hall–Kier alpha value is -4.84. The first-order valence-corrected chi connectivity index (χ1v) is 12.8. The van der Waals surface area contributed by atoms with Gasteiger partial charge in [-0.25, -0.2) is 19.2 Å². The van der Waals surface area contributed by atoms with E-state index in [1.165, 1.54) is 31.3 Å². The van der Waals surface area contributed by atoms with E-state index in [0.29, 0.717) is 22.9 Å².